The molecule has 6 nitrogen and oxygen atoms in total. The van der Waals surface area contributed by atoms with Crippen molar-refractivity contribution in [2.45, 2.75) is 20.0 Å². The Kier molecular flexibility index (Phi) is 7.29. The number of carbonyl (C=O) groups is 1. The second-order valence-corrected chi connectivity index (χ2v) is 6.84. The molecule has 0 saturated carbocycles. The molecule has 0 fully saturated rings. The lowest BCUT2D eigenvalue weighted by Crippen LogP contribution is -2.07. The molecule has 0 atom stereocenters. The number of carbonyl (C=O) groups excluding carboxylic acids is 1. The Balaban J connectivity index is 1.47. The van der Waals surface area contributed by atoms with Gasteiger partial charge in [0.25, 0.3) is 0 Å². The molecule has 0 saturated heterocycles. The molecule has 8 heteroatoms. The molecule has 0 aliphatic heterocycles. The van der Waals surface area contributed by atoms with Gasteiger partial charge in [0.15, 0.2) is 0 Å². The Morgan fingerprint density at radius 2 is 2.10 bits per heavy atom. The maximum atomic E-state index is 13.2. The highest BCUT2D eigenvalue weighted by Crippen LogP contribution is 2.16. The summed E-state index contributed by atoms with van der Waals surface area (Å²) in [5.41, 5.74) is 5.36. The van der Waals surface area contributed by atoms with E-state index in [0.717, 1.165) is 11.1 Å². The molecule has 29 heavy (non-hydrogen) atoms. The fraction of sp³-hybridized carbons (Fsp3) is 0.190. The lowest BCUT2D eigenvalue weighted by Gasteiger charge is -2.06. The van der Waals surface area contributed by atoms with Gasteiger partial charge in [0.2, 0.25) is 5.13 Å². The minimum Gasteiger partial charge on any atom is -0.489 e. The minimum atomic E-state index is -0.324. The highest BCUT2D eigenvalue weighted by molar-refractivity contribution is 7.13. The van der Waals surface area contributed by atoms with E-state index in [1.807, 2.05) is 24.3 Å². The first-order chi connectivity index (χ1) is 14.1. The summed E-state index contributed by atoms with van der Waals surface area (Å²) in [5, 5.41) is 6.55. The van der Waals surface area contributed by atoms with Crippen LogP contribution in [0.25, 0.3) is 0 Å². The van der Waals surface area contributed by atoms with Gasteiger partial charge < -0.3 is 9.47 Å². The second kappa shape index (κ2) is 10.3. The van der Waals surface area contributed by atoms with Crippen molar-refractivity contribution in [3.63, 3.8) is 0 Å². The number of thiazole rings is 1. The summed E-state index contributed by atoms with van der Waals surface area (Å²) < 4.78 is 23.6. The predicted octanol–water partition coefficient (Wildman–Crippen LogP) is 4.41. The number of anilines is 1. The van der Waals surface area contributed by atoms with E-state index >= 15 is 0 Å². The zero-order valence-corrected chi connectivity index (χ0v) is 16.6. The van der Waals surface area contributed by atoms with E-state index in [1.54, 1.807) is 30.7 Å². The molecule has 3 rings (SSSR count). The van der Waals surface area contributed by atoms with Gasteiger partial charge in [-0.15, -0.1) is 11.3 Å². The third kappa shape index (κ3) is 6.69. The number of hydrogen-bond acceptors (Lipinski definition) is 7. The molecule has 0 aliphatic rings. The third-order valence-electron chi connectivity index (χ3n) is 3.74. The quantitative estimate of drug-likeness (QED) is 0.320. The van der Waals surface area contributed by atoms with Gasteiger partial charge >= 0.3 is 5.97 Å². The van der Waals surface area contributed by atoms with E-state index in [4.69, 9.17) is 9.47 Å². The molecular formula is C21H20FN3O3S. The first-order valence-electron chi connectivity index (χ1n) is 8.99. The molecule has 2 aromatic carbocycles. The average Bonchev–Trinajstić information content (AvgIpc) is 3.15. The number of benzene rings is 2. The van der Waals surface area contributed by atoms with Crippen molar-refractivity contribution in [2.24, 2.45) is 5.10 Å². The Morgan fingerprint density at radius 3 is 2.86 bits per heavy atom. The SMILES string of the molecule is CCOC(=O)Cc1csc(NN=Cc2ccc(COc3cccc(F)c3)cc2)n1. The van der Waals surface area contributed by atoms with Gasteiger partial charge in [-0.1, -0.05) is 30.3 Å². The molecule has 0 bridgehead atoms. The molecule has 1 aromatic heterocycles. The molecule has 0 aliphatic carbocycles. The van der Waals surface area contributed by atoms with Crippen LogP contribution in [-0.4, -0.2) is 23.8 Å². The van der Waals surface area contributed by atoms with Crippen LogP contribution in [-0.2, 0) is 22.6 Å². The summed E-state index contributed by atoms with van der Waals surface area (Å²) in [4.78, 5) is 15.7. The molecule has 0 amide bonds. The molecule has 0 unspecified atom stereocenters. The number of aromatic nitrogens is 1. The van der Waals surface area contributed by atoms with E-state index < -0.39 is 0 Å². The number of esters is 1. The summed E-state index contributed by atoms with van der Waals surface area (Å²) in [6.07, 6.45) is 1.82. The molecule has 0 spiro atoms. The Morgan fingerprint density at radius 1 is 1.28 bits per heavy atom. The van der Waals surface area contributed by atoms with Crippen molar-refractivity contribution < 1.29 is 18.7 Å². The van der Waals surface area contributed by atoms with Crippen molar-refractivity contribution in [3.05, 3.63) is 76.5 Å². The Bertz CT molecular complexity index is 973. The fourth-order valence-electron chi connectivity index (χ4n) is 2.38. The van der Waals surface area contributed by atoms with Crippen LogP contribution in [0.3, 0.4) is 0 Å². The monoisotopic (exact) mass is 413 g/mol. The molecule has 150 valence electrons. The largest absolute Gasteiger partial charge is 0.489 e. The minimum absolute atomic E-state index is 0.148. The van der Waals surface area contributed by atoms with Crippen LogP contribution in [0.4, 0.5) is 9.52 Å². The third-order valence-corrected chi connectivity index (χ3v) is 4.53. The molecule has 1 heterocycles. The van der Waals surface area contributed by atoms with Crippen LogP contribution in [0.5, 0.6) is 5.75 Å². The Hall–Kier alpha value is -3.26. The number of halogens is 1. The molecular weight excluding hydrogens is 393 g/mol. The van der Waals surface area contributed by atoms with Crippen molar-refractivity contribution >= 4 is 28.7 Å². The molecule has 1 N–H and O–H groups in total. The van der Waals surface area contributed by atoms with Gasteiger partial charge in [-0.25, -0.2) is 9.37 Å². The number of nitrogens with zero attached hydrogens (tertiary/aromatic N) is 2. The number of hydrogen-bond donors (Lipinski definition) is 1. The van der Waals surface area contributed by atoms with E-state index in [0.29, 0.717) is 29.8 Å². The van der Waals surface area contributed by atoms with Gasteiger partial charge in [0, 0.05) is 11.4 Å². The van der Waals surface area contributed by atoms with E-state index in [-0.39, 0.29) is 18.2 Å². The first-order valence-corrected chi connectivity index (χ1v) is 9.87. The van der Waals surface area contributed by atoms with Gasteiger partial charge in [-0.05, 0) is 30.2 Å². The standard InChI is InChI=1S/C21H20FN3O3S/c1-2-27-20(26)11-18-14-29-21(24-18)25-23-12-15-6-8-16(9-7-15)13-28-19-5-3-4-17(22)10-19/h3-10,12,14H,2,11,13H2,1H3,(H,24,25). The van der Waals surface area contributed by atoms with E-state index in [1.165, 1.54) is 23.5 Å². The maximum Gasteiger partial charge on any atom is 0.311 e. The zero-order chi connectivity index (χ0) is 20.5. The summed E-state index contributed by atoms with van der Waals surface area (Å²) >= 11 is 1.37. The Labute approximate surface area is 172 Å². The number of hydrazone groups is 1. The van der Waals surface area contributed by atoms with E-state index in [2.05, 4.69) is 15.5 Å². The summed E-state index contributed by atoms with van der Waals surface area (Å²) in [6.45, 7) is 2.47. The van der Waals surface area contributed by atoms with Crippen molar-refractivity contribution in [1.82, 2.24) is 4.98 Å². The number of ether oxygens (including phenoxy) is 2. The first kappa shape index (κ1) is 20.5. The highest BCUT2D eigenvalue weighted by atomic mass is 32.1. The van der Waals surface area contributed by atoms with Crippen LogP contribution in [0.1, 0.15) is 23.7 Å². The van der Waals surface area contributed by atoms with Gasteiger partial charge in [-0.2, -0.15) is 5.10 Å². The van der Waals surface area contributed by atoms with Crippen molar-refractivity contribution in [3.8, 4) is 5.75 Å². The van der Waals surface area contributed by atoms with Gasteiger partial charge in [0.05, 0.1) is 24.9 Å². The zero-order valence-electron chi connectivity index (χ0n) is 15.8. The second-order valence-electron chi connectivity index (χ2n) is 5.98. The van der Waals surface area contributed by atoms with Crippen LogP contribution in [0, 0.1) is 5.82 Å². The summed E-state index contributed by atoms with van der Waals surface area (Å²) in [6, 6.07) is 13.7. The van der Waals surface area contributed by atoms with Gasteiger partial charge in [-0.3, -0.25) is 10.2 Å². The maximum absolute atomic E-state index is 13.2. The molecule has 0 radical (unpaired) electrons. The fourth-order valence-corrected chi connectivity index (χ4v) is 3.04. The van der Waals surface area contributed by atoms with Crippen LogP contribution < -0.4 is 10.2 Å². The topological polar surface area (TPSA) is 72.8 Å². The summed E-state index contributed by atoms with van der Waals surface area (Å²) in [7, 11) is 0. The predicted molar refractivity (Wildman–Crippen MR) is 111 cm³/mol. The lowest BCUT2D eigenvalue weighted by molar-refractivity contribution is -0.142. The average molecular weight is 413 g/mol. The number of nitrogens with one attached hydrogen (secondary N) is 1. The van der Waals surface area contributed by atoms with Crippen LogP contribution in [0.15, 0.2) is 59.0 Å². The van der Waals surface area contributed by atoms with Gasteiger partial charge in [0.1, 0.15) is 18.2 Å². The summed E-state index contributed by atoms with van der Waals surface area (Å²) in [5.74, 6) is -0.130. The normalized spacial score (nSPS) is 10.8. The van der Waals surface area contributed by atoms with Crippen LogP contribution >= 0.6 is 11.3 Å². The van der Waals surface area contributed by atoms with Crippen LogP contribution in [0.2, 0.25) is 0 Å². The smallest absolute Gasteiger partial charge is 0.311 e. The lowest BCUT2D eigenvalue weighted by atomic mass is 10.1. The van der Waals surface area contributed by atoms with Crippen molar-refractivity contribution in [1.29, 1.82) is 0 Å². The van der Waals surface area contributed by atoms with E-state index in [9.17, 15) is 9.18 Å². The highest BCUT2D eigenvalue weighted by Gasteiger charge is 2.07. The van der Waals surface area contributed by atoms with Crippen molar-refractivity contribution in [2.75, 3.05) is 12.0 Å². The molecule has 3 aromatic rings. The number of rotatable bonds is 9.